The second kappa shape index (κ2) is 5.85. The molecule has 1 atom stereocenters. The lowest BCUT2D eigenvalue weighted by atomic mass is 10.2. The SMILES string of the molecule is Cc1n[nH]c(C)c1NC(=O)NC(CC(=O)O)C(=O)O. The van der Waals surface area contributed by atoms with Gasteiger partial charge < -0.3 is 20.8 Å². The lowest BCUT2D eigenvalue weighted by Crippen LogP contribution is -2.44. The first kappa shape index (κ1) is 14.5. The zero-order valence-electron chi connectivity index (χ0n) is 10.4. The van der Waals surface area contributed by atoms with Crippen molar-refractivity contribution in [3.63, 3.8) is 0 Å². The van der Waals surface area contributed by atoms with Gasteiger partial charge in [0.2, 0.25) is 0 Å². The van der Waals surface area contributed by atoms with Crippen molar-refractivity contribution in [1.82, 2.24) is 15.5 Å². The highest BCUT2D eigenvalue weighted by atomic mass is 16.4. The number of amides is 2. The molecule has 0 radical (unpaired) electrons. The van der Waals surface area contributed by atoms with Crippen molar-refractivity contribution in [3.8, 4) is 0 Å². The molecule has 2 amide bonds. The number of nitrogens with one attached hydrogen (secondary N) is 3. The van der Waals surface area contributed by atoms with Gasteiger partial charge in [-0.15, -0.1) is 0 Å². The molecule has 19 heavy (non-hydrogen) atoms. The number of carbonyl (C=O) groups is 3. The largest absolute Gasteiger partial charge is 0.481 e. The summed E-state index contributed by atoms with van der Waals surface area (Å²) in [6.45, 7) is 3.34. The van der Waals surface area contributed by atoms with Crippen molar-refractivity contribution in [2.75, 3.05) is 5.32 Å². The highest BCUT2D eigenvalue weighted by molar-refractivity contribution is 5.94. The molecule has 1 aromatic heterocycles. The lowest BCUT2D eigenvalue weighted by molar-refractivity contribution is -0.145. The van der Waals surface area contributed by atoms with E-state index in [2.05, 4.69) is 20.8 Å². The van der Waals surface area contributed by atoms with Gasteiger partial charge in [-0.1, -0.05) is 0 Å². The van der Waals surface area contributed by atoms with Crippen LogP contribution >= 0.6 is 0 Å². The molecule has 104 valence electrons. The number of hydrogen-bond acceptors (Lipinski definition) is 4. The topological polar surface area (TPSA) is 144 Å². The number of carboxylic acid groups (broad SMARTS) is 2. The molecular formula is C10H14N4O5. The van der Waals surface area contributed by atoms with E-state index in [-0.39, 0.29) is 0 Å². The zero-order valence-corrected chi connectivity index (χ0v) is 10.4. The van der Waals surface area contributed by atoms with E-state index in [1.54, 1.807) is 13.8 Å². The number of aryl methyl sites for hydroxylation is 2. The van der Waals surface area contributed by atoms with E-state index < -0.39 is 30.4 Å². The van der Waals surface area contributed by atoms with Crippen LogP contribution in [-0.2, 0) is 9.59 Å². The fraction of sp³-hybridized carbons (Fsp3) is 0.400. The molecule has 0 bridgehead atoms. The number of anilines is 1. The second-order valence-corrected chi connectivity index (χ2v) is 3.90. The number of carbonyl (C=O) groups excluding carboxylic acids is 1. The number of rotatable bonds is 5. The number of urea groups is 1. The van der Waals surface area contributed by atoms with E-state index in [9.17, 15) is 14.4 Å². The van der Waals surface area contributed by atoms with Crippen LogP contribution in [0.5, 0.6) is 0 Å². The molecule has 1 aromatic rings. The van der Waals surface area contributed by atoms with Gasteiger partial charge in [0.1, 0.15) is 6.04 Å². The first-order valence-electron chi connectivity index (χ1n) is 5.35. The van der Waals surface area contributed by atoms with Crippen LogP contribution in [0.25, 0.3) is 0 Å². The third kappa shape index (κ3) is 3.98. The Morgan fingerprint density at radius 3 is 2.37 bits per heavy atom. The highest BCUT2D eigenvalue weighted by Gasteiger charge is 2.23. The van der Waals surface area contributed by atoms with E-state index in [1.807, 2.05) is 0 Å². The molecule has 0 aliphatic rings. The van der Waals surface area contributed by atoms with Crippen LogP contribution in [0.1, 0.15) is 17.8 Å². The first-order valence-corrected chi connectivity index (χ1v) is 5.35. The van der Waals surface area contributed by atoms with Crippen LogP contribution in [0.4, 0.5) is 10.5 Å². The molecule has 9 nitrogen and oxygen atoms in total. The highest BCUT2D eigenvalue weighted by Crippen LogP contribution is 2.15. The van der Waals surface area contributed by atoms with Crippen LogP contribution in [-0.4, -0.2) is 44.4 Å². The Hall–Kier alpha value is -2.58. The van der Waals surface area contributed by atoms with Crippen LogP contribution < -0.4 is 10.6 Å². The Labute approximate surface area is 108 Å². The number of nitrogens with zero attached hydrogens (tertiary/aromatic N) is 1. The average molecular weight is 270 g/mol. The molecule has 1 rings (SSSR count). The van der Waals surface area contributed by atoms with Gasteiger partial charge in [0.15, 0.2) is 0 Å². The predicted octanol–water partition coefficient (Wildman–Crippen LogP) is 0.0759. The Bertz CT molecular complexity index is 491. The van der Waals surface area contributed by atoms with Crippen molar-refractivity contribution in [3.05, 3.63) is 11.4 Å². The Morgan fingerprint density at radius 2 is 1.95 bits per heavy atom. The fourth-order valence-corrected chi connectivity index (χ4v) is 1.42. The van der Waals surface area contributed by atoms with Crippen LogP contribution in [0.15, 0.2) is 0 Å². The summed E-state index contributed by atoms with van der Waals surface area (Å²) < 4.78 is 0. The number of H-pyrrole nitrogens is 1. The normalized spacial score (nSPS) is 11.7. The lowest BCUT2D eigenvalue weighted by Gasteiger charge is -2.13. The third-order valence-corrected chi connectivity index (χ3v) is 2.35. The number of hydrogen-bond donors (Lipinski definition) is 5. The second-order valence-electron chi connectivity index (χ2n) is 3.90. The van der Waals surface area contributed by atoms with E-state index in [0.29, 0.717) is 17.1 Å². The molecule has 0 aromatic carbocycles. The molecule has 1 heterocycles. The average Bonchev–Trinajstić information content (AvgIpc) is 2.59. The summed E-state index contributed by atoms with van der Waals surface area (Å²) >= 11 is 0. The first-order chi connectivity index (χ1) is 8.81. The Morgan fingerprint density at radius 1 is 1.32 bits per heavy atom. The van der Waals surface area contributed by atoms with Crippen molar-refractivity contribution in [2.24, 2.45) is 0 Å². The number of aromatic nitrogens is 2. The maximum absolute atomic E-state index is 11.6. The zero-order chi connectivity index (χ0) is 14.6. The van der Waals surface area contributed by atoms with Gasteiger partial charge in [-0.05, 0) is 13.8 Å². The van der Waals surface area contributed by atoms with Gasteiger partial charge in [-0.25, -0.2) is 9.59 Å². The number of carboxylic acids is 2. The van der Waals surface area contributed by atoms with Crippen LogP contribution in [0.2, 0.25) is 0 Å². The minimum Gasteiger partial charge on any atom is -0.481 e. The molecule has 0 aliphatic heterocycles. The summed E-state index contributed by atoms with van der Waals surface area (Å²) in [6, 6.07) is -2.30. The molecule has 5 N–H and O–H groups in total. The molecule has 0 saturated heterocycles. The smallest absolute Gasteiger partial charge is 0.326 e. The standard InChI is InChI=1S/C10H14N4O5/c1-4-8(5(2)14-13-4)12-10(19)11-6(9(17)18)3-7(15)16/h6H,3H2,1-2H3,(H,13,14)(H,15,16)(H,17,18)(H2,11,12,19). The van der Waals surface area contributed by atoms with E-state index >= 15 is 0 Å². The fourth-order valence-electron chi connectivity index (χ4n) is 1.42. The summed E-state index contributed by atoms with van der Waals surface area (Å²) in [6.07, 6.45) is -0.702. The van der Waals surface area contributed by atoms with Crippen LogP contribution in [0.3, 0.4) is 0 Å². The van der Waals surface area contributed by atoms with Gasteiger partial charge in [0.25, 0.3) is 0 Å². The van der Waals surface area contributed by atoms with Crippen molar-refractivity contribution in [1.29, 1.82) is 0 Å². The Kier molecular flexibility index (Phi) is 4.46. The summed E-state index contributed by atoms with van der Waals surface area (Å²) in [5.74, 6) is -2.73. The third-order valence-electron chi connectivity index (χ3n) is 2.35. The van der Waals surface area contributed by atoms with Crippen molar-refractivity contribution in [2.45, 2.75) is 26.3 Å². The van der Waals surface area contributed by atoms with E-state index in [4.69, 9.17) is 10.2 Å². The minimum atomic E-state index is -1.50. The maximum Gasteiger partial charge on any atom is 0.326 e. The van der Waals surface area contributed by atoms with Crippen molar-refractivity contribution >= 4 is 23.7 Å². The van der Waals surface area contributed by atoms with E-state index in [0.717, 1.165) is 0 Å². The molecular weight excluding hydrogens is 256 g/mol. The molecule has 0 spiro atoms. The monoisotopic (exact) mass is 270 g/mol. The molecule has 9 heteroatoms. The quantitative estimate of drug-likeness (QED) is 0.512. The summed E-state index contributed by atoms with van der Waals surface area (Å²) in [5.41, 5.74) is 1.58. The molecule has 0 aliphatic carbocycles. The summed E-state index contributed by atoms with van der Waals surface area (Å²) in [7, 11) is 0. The maximum atomic E-state index is 11.6. The van der Waals surface area contributed by atoms with Gasteiger partial charge in [0.05, 0.1) is 23.5 Å². The molecule has 1 unspecified atom stereocenters. The molecule has 0 fully saturated rings. The van der Waals surface area contributed by atoms with Crippen molar-refractivity contribution < 1.29 is 24.6 Å². The number of aliphatic carboxylic acids is 2. The van der Waals surface area contributed by atoms with E-state index in [1.165, 1.54) is 0 Å². The van der Waals surface area contributed by atoms with Gasteiger partial charge >= 0.3 is 18.0 Å². The van der Waals surface area contributed by atoms with Gasteiger partial charge in [0, 0.05) is 0 Å². The van der Waals surface area contributed by atoms with Crippen LogP contribution in [0, 0.1) is 13.8 Å². The Balaban J connectivity index is 2.68. The minimum absolute atomic E-state index is 0.428. The summed E-state index contributed by atoms with van der Waals surface area (Å²) in [5, 5.41) is 28.3. The summed E-state index contributed by atoms with van der Waals surface area (Å²) in [4.78, 5) is 32.8. The van der Waals surface area contributed by atoms with Gasteiger partial charge in [-0.3, -0.25) is 9.89 Å². The number of aromatic amines is 1. The predicted molar refractivity (Wildman–Crippen MR) is 63.9 cm³/mol. The van der Waals surface area contributed by atoms with Gasteiger partial charge in [-0.2, -0.15) is 5.10 Å². The molecule has 0 saturated carbocycles.